The second kappa shape index (κ2) is 3.32. The molecule has 0 radical (unpaired) electrons. The molecule has 3 rings (SSSR count). The molecule has 0 saturated heterocycles. The average molecular weight is 215 g/mol. The minimum Gasteiger partial charge on any atom is -0.325 e. The molecule has 3 heteroatoms. The number of fused-ring (bicyclic) bond motifs is 1. The SMILES string of the molecule is Cc1cccc2ncc(CCC3(N)CC3)n12. The van der Waals surface area contributed by atoms with E-state index < -0.39 is 0 Å². The van der Waals surface area contributed by atoms with Crippen molar-refractivity contribution in [3.8, 4) is 0 Å². The molecule has 1 fully saturated rings. The van der Waals surface area contributed by atoms with Crippen LogP contribution in [0.2, 0.25) is 0 Å². The Kier molecular flexibility index (Phi) is 2.04. The van der Waals surface area contributed by atoms with Gasteiger partial charge in [-0.2, -0.15) is 0 Å². The lowest BCUT2D eigenvalue weighted by molar-refractivity contribution is 0.601. The molecule has 0 bridgehead atoms. The van der Waals surface area contributed by atoms with Gasteiger partial charge >= 0.3 is 0 Å². The van der Waals surface area contributed by atoms with E-state index >= 15 is 0 Å². The number of rotatable bonds is 3. The molecule has 84 valence electrons. The minimum atomic E-state index is 0.132. The minimum absolute atomic E-state index is 0.132. The zero-order valence-corrected chi connectivity index (χ0v) is 9.61. The molecule has 0 aliphatic heterocycles. The van der Waals surface area contributed by atoms with Crippen LogP contribution < -0.4 is 5.73 Å². The summed E-state index contributed by atoms with van der Waals surface area (Å²) in [5.74, 6) is 0. The predicted molar refractivity (Wildman–Crippen MR) is 64.4 cm³/mol. The summed E-state index contributed by atoms with van der Waals surface area (Å²) in [5, 5.41) is 0. The van der Waals surface area contributed by atoms with E-state index in [1.165, 1.54) is 24.2 Å². The molecule has 1 saturated carbocycles. The monoisotopic (exact) mass is 215 g/mol. The van der Waals surface area contributed by atoms with Gasteiger partial charge in [-0.25, -0.2) is 4.98 Å². The van der Waals surface area contributed by atoms with Gasteiger partial charge < -0.3 is 10.1 Å². The van der Waals surface area contributed by atoms with Gasteiger partial charge in [0.15, 0.2) is 0 Å². The van der Waals surface area contributed by atoms with E-state index in [9.17, 15) is 0 Å². The Balaban J connectivity index is 1.91. The molecule has 2 aromatic rings. The van der Waals surface area contributed by atoms with Crippen LogP contribution in [-0.2, 0) is 6.42 Å². The normalized spacial score (nSPS) is 17.9. The van der Waals surface area contributed by atoms with Crippen molar-refractivity contribution >= 4 is 5.65 Å². The molecule has 0 atom stereocenters. The first-order valence-electron chi connectivity index (χ1n) is 5.89. The van der Waals surface area contributed by atoms with Crippen LogP contribution in [0.15, 0.2) is 24.4 Å². The Labute approximate surface area is 95.3 Å². The highest BCUT2D eigenvalue weighted by molar-refractivity contribution is 5.42. The highest BCUT2D eigenvalue weighted by Crippen LogP contribution is 2.36. The van der Waals surface area contributed by atoms with Crippen molar-refractivity contribution in [3.63, 3.8) is 0 Å². The largest absolute Gasteiger partial charge is 0.325 e. The third kappa shape index (κ3) is 1.61. The van der Waals surface area contributed by atoms with Gasteiger partial charge in [-0.15, -0.1) is 0 Å². The molecule has 0 spiro atoms. The number of imidazole rings is 1. The number of hydrogen-bond donors (Lipinski definition) is 1. The van der Waals surface area contributed by atoms with E-state index in [0.717, 1.165) is 18.5 Å². The molecule has 0 amide bonds. The second-order valence-corrected chi connectivity index (χ2v) is 4.97. The van der Waals surface area contributed by atoms with Crippen LogP contribution in [0.4, 0.5) is 0 Å². The van der Waals surface area contributed by atoms with Crippen molar-refractivity contribution in [3.05, 3.63) is 35.8 Å². The highest BCUT2D eigenvalue weighted by Gasteiger charge is 2.37. The summed E-state index contributed by atoms with van der Waals surface area (Å²) in [5.41, 5.74) is 9.81. The molecular formula is C13H17N3. The summed E-state index contributed by atoms with van der Waals surface area (Å²) in [6.07, 6.45) is 6.46. The topological polar surface area (TPSA) is 43.3 Å². The van der Waals surface area contributed by atoms with Crippen LogP contribution in [0.25, 0.3) is 5.65 Å². The Morgan fingerprint density at radius 3 is 3.00 bits per heavy atom. The van der Waals surface area contributed by atoms with Crippen LogP contribution in [0.1, 0.15) is 30.7 Å². The quantitative estimate of drug-likeness (QED) is 0.851. The Morgan fingerprint density at radius 2 is 2.25 bits per heavy atom. The molecule has 1 aliphatic rings. The molecular weight excluding hydrogens is 198 g/mol. The van der Waals surface area contributed by atoms with Gasteiger partial charge in [-0.3, -0.25) is 0 Å². The standard InChI is InChI=1S/C13H17N3/c1-10-3-2-4-12-15-9-11(16(10)12)5-6-13(14)7-8-13/h2-4,9H,5-8,14H2,1H3. The summed E-state index contributed by atoms with van der Waals surface area (Å²) in [6.45, 7) is 2.12. The predicted octanol–water partition coefficient (Wildman–Crippen LogP) is 2.07. The van der Waals surface area contributed by atoms with Crippen molar-refractivity contribution in [1.82, 2.24) is 9.38 Å². The maximum Gasteiger partial charge on any atom is 0.137 e. The lowest BCUT2D eigenvalue weighted by Crippen LogP contribution is -2.22. The fourth-order valence-corrected chi connectivity index (χ4v) is 2.24. The van der Waals surface area contributed by atoms with Crippen LogP contribution in [0, 0.1) is 6.92 Å². The maximum atomic E-state index is 6.12. The van der Waals surface area contributed by atoms with Gasteiger partial charge in [0.05, 0.1) is 0 Å². The van der Waals surface area contributed by atoms with E-state index in [-0.39, 0.29) is 5.54 Å². The van der Waals surface area contributed by atoms with Crippen molar-refractivity contribution < 1.29 is 0 Å². The van der Waals surface area contributed by atoms with Gasteiger partial charge in [0.25, 0.3) is 0 Å². The van der Waals surface area contributed by atoms with Crippen LogP contribution in [0.3, 0.4) is 0 Å². The van der Waals surface area contributed by atoms with Crippen LogP contribution in [0.5, 0.6) is 0 Å². The first kappa shape index (κ1) is 9.85. The Hall–Kier alpha value is -1.35. The molecule has 2 N–H and O–H groups in total. The molecule has 1 aliphatic carbocycles. The molecule has 0 unspecified atom stereocenters. The lowest BCUT2D eigenvalue weighted by Gasteiger charge is -2.09. The number of nitrogens with zero attached hydrogens (tertiary/aromatic N) is 2. The van der Waals surface area contributed by atoms with Gasteiger partial charge in [0.1, 0.15) is 5.65 Å². The van der Waals surface area contributed by atoms with Crippen molar-refractivity contribution in [2.75, 3.05) is 0 Å². The van der Waals surface area contributed by atoms with E-state index in [1.54, 1.807) is 0 Å². The van der Waals surface area contributed by atoms with E-state index in [4.69, 9.17) is 5.73 Å². The first-order chi connectivity index (χ1) is 7.68. The number of hydrogen-bond acceptors (Lipinski definition) is 2. The van der Waals surface area contributed by atoms with E-state index in [0.29, 0.717) is 0 Å². The smallest absolute Gasteiger partial charge is 0.137 e. The van der Waals surface area contributed by atoms with E-state index in [2.05, 4.69) is 22.4 Å². The number of aromatic nitrogens is 2. The Bertz CT molecular complexity index is 523. The fourth-order valence-electron chi connectivity index (χ4n) is 2.24. The summed E-state index contributed by atoms with van der Waals surface area (Å²) in [7, 11) is 0. The number of pyridine rings is 1. The summed E-state index contributed by atoms with van der Waals surface area (Å²) < 4.78 is 2.23. The molecule has 16 heavy (non-hydrogen) atoms. The molecule has 3 nitrogen and oxygen atoms in total. The summed E-state index contributed by atoms with van der Waals surface area (Å²) in [6, 6.07) is 6.21. The zero-order valence-electron chi connectivity index (χ0n) is 9.61. The summed E-state index contributed by atoms with van der Waals surface area (Å²) >= 11 is 0. The van der Waals surface area contributed by atoms with Gasteiger partial charge in [0, 0.05) is 23.1 Å². The van der Waals surface area contributed by atoms with Gasteiger partial charge in [-0.05, 0) is 44.7 Å². The van der Waals surface area contributed by atoms with Crippen molar-refractivity contribution in [1.29, 1.82) is 0 Å². The highest BCUT2D eigenvalue weighted by atomic mass is 15.0. The second-order valence-electron chi connectivity index (χ2n) is 4.97. The number of nitrogens with two attached hydrogens (primary N) is 1. The third-order valence-corrected chi connectivity index (χ3v) is 3.57. The lowest BCUT2D eigenvalue weighted by atomic mass is 10.1. The molecule has 2 heterocycles. The van der Waals surface area contributed by atoms with Gasteiger partial charge in [-0.1, -0.05) is 6.07 Å². The van der Waals surface area contributed by atoms with Crippen molar-refractivity contribution in [2.45, 2.75) is 38.1 Å². The molecule has 0 aromatic carbocycles. The van der Waals surface area contributed by atoms with Gasteiger partial charge in [0.2, 0.25) is 0 Å². The van der Waals surface area contributed by atoms with Crippen molar-refractivity contribution in [2.24, 2.45) is 5.73 Å². The Morgan fingerprint density at radius 1 is 1.44 bits per heavy atom. The number of aryl methyl sites for hydroxylation is 2. The van der Waals surface area contributed by atoms with Crippen LogP contribution in [-0.4, -0.2) is 14.9 Å². The molecule has 2 aromatic heterocycles. The third-order valence-electron chi connectivity index (χ3n) is 3.57. The summed E-state index contributed by atoms with van der Waals surface area (Å²) in [4.78, 5) is 4.42. The maximum absolute atomic E-state index is 6.12. The zero-order chi connectivity index (χ0) is 11.2. The first-order valence-corrected chi connectivity index (χ1v) is 5.89. The van der Waals surface area contributed by atoms with Crippen LogP contribution >= 0.6 is 0 Å². The average Bonchev–Trinajstić information content (AvgIpc) is 2.86. The fraction of sp³-hybridized carbons (Fsp3) is 0.462. The van der Waals surface area contributed by atoms with E-state index in [1.807, 2.05) is 18.3 Å².